The fourth-order valence-corrected chi connectivity index (χ4v) is 4.30. The van der Waals surface area contributed by atoms with Crippen molar-refractivity contribution in [3.05, 3.63) is 48.2 Å². The van der Waals surface area contributed by atoms with Gasteiger partial charge in [0.25, 0.3) is 11.8 Å². The van der Waals surface area contributed by atoms with Gasteiger partial charge < -0.3 is 19.1 Å². The van der Waals surface area contributed by atoms with E-state index in [1.165, 1.54) is 12.7 Å². The molecule has 4 heterocycles. The van der Waals surface area contributed by atoms with Gasteiger partial charge in [-0.1, -0.05) is 6.92 Å². The third-order valence-electron chi connectivity index (χ3n) is 5.99. The molecule has 2 saturated heterocycles. The highest BCUT2D eigenvalue weighted by Crippen LogP contribution is 2.24. The molecule has 4 rings (SSSR count). The summed E-state index contributed by atoms with van der Waals surface area (Å²) in [5.74, 6) is 0.379. The molecule has 2 fully saturated rings. The van der Waals surface area contributed by atoms with E-state index in [2.05, 4.69) is 16.8 Å². The largest absolute Gasteiger partial charge is 0.459 e. The number of likely N-dealkylation sites (tertiary alicyclic amines) is 1. The molecule has 2 aromatic rings. The molecule has 2 aliphatic rings. The van der Waals surface area contributed by atoms with Crippen LogP contribution in [0.5, 0.6) is 0 Å². The van der Waals surface area contributed by atoms with Crippen molar-refractivity contribution >= 4 is 17.5 Å². The molecule has 0 aliphatic carbocycles. The topological polar surface area (TPSA) is 69.9 Å². The second kappa shape index (κ2) is 8.68. The van der Waals surface area contributed by atoms with E-state index < -0.39 is 0 Å². The van der Waals surface area contributed by atoms with Crippen molar-refractivity contribution in [1.82, 2.24) is 14.8 Å². The summed E-state index contributed by atoms with van der Waals surface area (Å²) in [6, 6.07) is 5.69. The van der Waals surface area contributed by atoms with Crippen LogP contribution in [0.2, 0.25) is 0 Å². The third kappa shape index (κ3) is 4.13. The smallest absolute Gasteiger partial charge is 0.289 e. The molecule has 2 amide bonds. The second-order valence-corrected chi connectivity index (χ2v) is 7.74. The van der Waals surface area contributed by atoms with Crippen LogP contribution in [0.4, 0.5) is 5.69 Å². The highest BCUT2D eigenvalue weighted by atomic mass is 16.3. The minimum absolute atomic E-state index is 0.0765. The molecule has 0 N–H and O–H groups in total. The number of aromatic nitrogens is 1. The molecule has 1 unspecified atom stereocenters. The molecule has 2 aliphatic heterocycles. The van der Waals surface area contributed by atoms with Gasteiger partial charge in [-0.3, -0.25) is 14.6 Å². The Morgan fingerprint density at radius 2 is 1.93 bits per heavy atom. The van der Waals surface area contributed by atoms with Crippen molar-refractivity contribution < 1.29 is 14.0 Å². The quantitative estimate of drug-likeness (QED) is 0.794. The van der Waals surface area contributed by atoms with Crippen LogP contribution in [0, 0.1) is 0 Å². The maximum absolute atomic E-state index is 13.1. The van der Waals surface area contributed by atoms with Gasteiger partial charge in [0.1, 0.15) is 0 Å². The molecule has 1 atom stereocenters. The van der Waals surface area contributed by atoms with E-state index in [9.17, 15) is 9.59 Å². The van der Waals surface area contributed by atoms with Gasteiger partial charge in [-0.25, -0.2) is 0 Å². The molecule has 2 aromatic heterocycles. The summed E-state index contributed by atoms with van der Waals surface area (Å²) >= 11 is 0. The second-order valence-electron chi connectivity index (χ2n) is 7.74. The van der Waals surface area contributed by atoms with Gasteiger partial charge >= 0.3 is 0 Å². The molecule has 154 valence electrons. The number of nitrogens with zero attached hydrogens (tertiary/aromatic N) is 4. The molecule has 7 heteroatoms. The van der Waals surface area contributed by atoms with E-state index >= 15 is 0 Å². The summed E-state index contributed by atoms with van der Waals surface area (Å²) in [7, 11) is 0. The Bertz CT molecular complexity index is 844. The summed E-state index contributed by atoms with van der Waals surface area (Å²) in [6.07, 6.45) is 9.33. The van der Waals surface area contributed by atoms with Crippen molar-refractivity contribution in [1.29, 1.82) is 0 Å². The number of anilines is 1. The highest BCUT2D eigenvalue weighted by Gasteiger charge is 2.28. The van der Waals surface area contributed by atoms with Crippen LogP contribution in [0.25, 0.3) is 0 Å². The number of piperazine rings is 1. The average Bonchev–Trinajstić information content (AvgIpc) is 3.33. The van der Waals surface area contributed by atoms with Crippen LogP contribution in [-0.2, 0) is 0 Å². The summed E-state index contributed by atoms with van der Waals surface area (Å²) < 4.78 is 5.22. The summed E-state index contributed by atoms with van der Waals surface area (Å²) in [4.78, 5) is 35.9. The minimum atomic E-state index is -0.0765. The Morgan fingerprint density at radius 3 is 2.66 bits per heavy atom. The molecule has 0 saturated carbocycles. The zero-order chi connectivity index (χ0) is 20.2. The first-order chi connectivity index (χ1) is 14.2. The third-order valence-corrected chi connectivity index (χ3v) is 5.99. The number of piperidine rings is 1. The SMILES string of the molecule is CCC1CCCCN1C(=O)c1cncc(N2CCN(C(=O)c3ccco3)CC2)c1. The van der Waals surface area contributed by atoms with E-state index in [0.717, 1.165) is 31.5 Å². The predicted octanol–water partition coefficient (Wildman–Crippen LogP) is 3.04. The molecular weight excluding hydrogens is 368 g/mol. The van der Waals surface area contributed by atoms with Crippen LogP contribution in [0.3, 0.4) is 0 Å². The lowest BCUT2D eigenvalue weighted by Gasteiger charge is -2.36. The van der Waals surface area contributed by atoms with Crippen LogP contribution in [-0.4, -0.2) is 65.4 Å². The Labute approximate surface area is 171 Å². The maximum atomic E-state index is 13.1. The van der Waals surface area contributed by atoms with Gasteiger partial charge in [-0.05, 0) is 43.9 Å². The maximum Gasteiger partial charge on any atom is 0.289 e. The molecule has 0 bridgehead atoms. The normalized spacial score (nSPS) is 20.0. The number of carbonyl (C=O) groups is 2. The first-order valence-electron chi connectivity index (χ1n) is 10.5. The number of hydrogen-bond donors (Lipinski definition) is 0. The Hall–Kier alpha value is -2.83. The van der Waals surface area contributed by atoms with Gasteiger partial charge in [0.05, 0.1) is 23.7 Å². The van der Waals surface area contributed by atoms with Crippen molar-refractivity contribution in [3.63, 3.8) is 0 Å². The first-order valence-corrected chi connectivity index (χ1v) is 10.5. The molecule has 0 radical (unpaired) electrons. The van der Waals surface area contributed by atoms with E-state index in [0.29, 0.717) is 43.5 Å². The standard InChI is InChI=1S/C22H28N4O3/c1-2-18-6-3-4-8-26(18)21(27)17-14-19(16-23-15-17)24-9-11-25(12-10-24)22(28)20-7-5-13-29-20/h5,7,13-16,18H,2-4,6,8-12H2,1H3. The van der Waals surface area contributed by atoms with Crippen molar-refractivity contribution in [2.24, 2.45) is 0 Å². The monoisotopic (exact) mass is 396 g/mol. The van der Waals surface area contributed by atoms with Crippen LogP contribution < -0.4 is 4.90 Å². The van der Waals surface area contributed by atoms with Gasteiger partial charge in [-0.2, -0.15) is 0 Å². The molecule has 7 nitrogen and oxygen atoms in total. The number of amides is 2. The number of rotatable bonds is 4. The lowest BCUT2D eigenvalue weighted by atomic mass is 9.99. The van der Waals surface area contributed by atoms with Gasteiger partial charge in [0.15, 0.2) is 5.76 Å². The lowest BCUT2D eigenvalue weighted by molar-refractivity contribution is 0.0607. The van der Waals surface area contributed by atoms with Crippen LogP contribution in [0.1, 0.15) is 53.5 Å². The number of hydrogen-bond acceptors (Lipinski definition) is 5. The molecular formula is C22H28N4O3. The number of pyridine rings is 1. The van der Waals surface area contributed by atoms with Crippen molar-refractivity contribution in [2.75, 3.05) is 37.6 Å². The molecule has 0 aromatic carbocycles. The molecule has 0 spiro atoms. The minimum Gasteiger partial charge on any atom is -0.459 e. The highest BCUT2D eigenvalue weighted by molar-refractivity contribution is 5.95. The Balaban J connectivity index is 1.41. The van der Waals surface area contributed by atoms with E-state index in [1.54, 1.807) is 29.4 Å². The summed E-state index contributed by atoms with van der Waals surface area (Å²) in [5.41, 5.74) is 1.59. The fourth-order valence-electron chi connectivity index (χ4n) is 4.30. The Morgan fingerprint density at radius 1 is 1.10 bits per heavy atom. The zero-order valence-electron chi connectivity index (χ0n) is 16.9. The molecule has 29 heavy (non-hydrogen) atoms. The van der Waals surface area contributed by atoms with Crippen LogP contribution in [0.15, 0.2) is 41.3 Å². The van der Waals surface area contributed by atoms with E-state index in [1.807, 2.05) is 11.0 Å². The van der Waals surface area contributed by atoms with Gasteiger partial charge in [0, 0.05) is 45.0 Å². The average molecular weight is 396 g/mol. The Kier molecular flexibility index (Phi) is 5.83. The zero-order valence-corrected chi connectivity index (χ0v) is 16.9. The van der Waals surface area contributed by atoms with Crippen LogP contribution >= 0.6 is 0 Å². The number of carbonyl (C=O) groups excluding carboxylic acids is 2. The fraction of sp³-hybridized carbons (Fsp3) is 0.500. The van der Waals surface area contributed by atoms with Gasteiger partial charge in [0.2, 0.25) is 0 Å². The summed E-state index contributed by atoms with van der Waals surface area (Å²) in [6.45, 7) is 5.60. The number of furan rings is 1. The van der Waals surface area contributed by atoms with Crippen molar-refractivity contribution in [3.8, 4) is 0 Å². The van der Waals surface area contributed by atoms with E-state index in [4.69, 9.17) is 4.42 Å². The van der Waals surface area contributed by atoms with Crippen molar-refractivity contribution in [2.45, 2.75) is 38.6 Å². The van der Waals surface area contributed by atoms with Gasteiger partial charge in [-0.15, -0.1) is 0 Å². The predicted molar refractivity (Wildman–Crippen MR) is 110 cm³/mol. The lowest BCUT2D eigenvalue weighted by Crippen LogP contribution is -2.48. The summed E-state index contributed by atoms with van der Waals surface area (Å²) in [5, 5.41) is 0. The van der Waals surface area contributed by atoms with E-state index in [-0.39, 0.29) is 11.8 Å². The first kappa shape index (κ1) is 19.5.